The normalized spacial score (nSPS) is 11.4. The largest absolute Gasteiger partial charge is 0.343 e. The van der Waals surface area contributed by atoms with Crippen molar-refractivity contribution in [3.05, 3.63) is 61.4 Å². The van der Waals surface area contributed by atoms with E-state index in [1.165, 1.54) is 28.7 Å². The van der Waals surface area contributed by atoms with E-state index in [0.717, 1.165) is 27.3 Å². The summed E-state index contributed by atoms with van der Waals surface area (Å²) in [5.41, 5.74) is 2.79. The van der Waals surface area contributed by atoms with Gasteiger partial charge in [0.2, 0.25) is 0 Å². The van der Waals surface area contributed by atoms with Crippen LogP contribution < -0.4 is 11.2 Å². The van der Waals surface area contributed by atoms with E-state index in [4.69, 9.17) is 0 Å². The van der Waals surface area contributed by atoms with E-state index in [9.17, 15) is 9.59 Å². The Hall–Kier alpha value is -2.65. The zero-order valence-corrected chi connectivity index (χ0v) is 18.0. The topological polar surface area (TPSA) is 96.4 Å². The number of aryl methyl sites for hydroxylation is 2. The van der Waals surface area contributed by atoms with Crippen LogP contribution in [0.5, 0.6) is 0 Å². The molecule has 9 heteroatoms. The molecule has 0 saturated carbocycles. The Kier molecular flexibility index (Phi) is 5.42. The molecule has 0 fully saturated rings. The molecule has 7 nitrogen and oxygen atoms in total. The summed E-state index contributed by atoms with van der Waals surface area (Å²) in [5, 5.41) is 7.78. The van der Waals surface area contributed by atoms with E-state index in [1.807, 2.05) is 45.0 Å². The van der Waals surface area contributed by atoms with Crippen molar-refractivity contribution in [2.45, 2.75) is 44.6 Å². The van der Waals surface area contributed by atoms with Gasteiger partial charge < -0.3 is 4.98 Å². The summed E-state index contributed by atoms with van der Waals surface area (Å²) in [6, 6.07) is 8.17. The van der Waals surface area contributed by atoms with Gasteiger partial charge >= 0.3 is 5.69 Å². The van der Waals surface area contributed by atoms with Crippen LogP contribution in [0.25, 0.3) is 21.3 Å². The van der Waals surface area contributed by atoms with Crippen LogP contribution >= 0.6 is 23.1 Å². The highest BCUT2D eigenvalue weighted by atomic mass is 32.2. The number of aromatic nitrogens is 5. The molecule has 0 bridgehead atoms. The van der Waals surface area contributed by atoms with Crippen LogP contribution in [0.2, 0.25) is 0 Å². The van der Waals surface area contributed by atoms with E-state index in [1.54, 1.807) is 4.57 Å². The average Bonchev–Trinajstić information content (AvgIpc) is 3.21. The van der Waals surface area contributed by atoms with Crippen molar-refractivity contribution in [3.8, 4) is 11.1 Å². The maximum atomic E-state index is 12.9. The van der Waals surface area contributed by atoms with Crippen molar-refractivity contribution >= 4 is 33.3 Å². The third-order valence-corrected chi connectivity index (χ3v) is 6.62. The Balaban J connectivity index is 1.68. The van der Waals surface area contributed by atoms with Gasteiger partial charge in [-0.3, -0.25) is 9.36 Å². The minimum atomic E-state index is -0.220. The van der Waals surface area contributed by atoms with Crippen molar-refractivity contribution < 1.29 is 0 Å². The minimum Gasteiger partial charge on any atom is -0.309 e. The fourth-order valence-corrected chi connectivity index (χ4v) is 5.17. The number of benzene rings is 1. The fraction of sp³-hybridized carbons (Fsp3) is 0.300. The van der Waals surface area contributed by atoms with E-state index in [-0.39, 0.29) is 11.2 Å². The molecule has 0 atom stereocenters. The molecule has 4 aromatic rings. The van der Waals surface area contributed by atoms with Gasteiger partial charge in [-0.15, -0.1) is 16.4 Å². The maximum Gasteiger partial charge on any atom is 0.343 e. The summed E-state index contributed by atoms with van der Waals surface area (Å²) < 4.78 is 1.60. The van der Waals surface area contributed by atoms with Crippen LogP contribution in [0.4, 0.5) is 0 Å². The molecule has 0 spiro atoms. The number of nitrogens with zero attached hydrogens (tertiary/aromatic N) is 3. The van der Waals surface area contributed by atoms with Gasteiger partial charge in [0.05, 0.1) is 11.1 Å². The summed E-state index contributed by atoms with van der Waals surface area (Å²) in [7, 11) is 0. The Morgan fingerprint density at radius 3 is 2.66 bits per heavy atom. The molecular weight excluding hydrogens is 406 g/mol. The van der Waals surface area contributed by atoms with Crippen molar-refractivity contribution in [1.29, 1.82) is 0 Å². The molecule has 0 saturated heterocycles. The van der Waals surface area contributed by atoms with E-state index < -0.39 is 0 Å². The van der Waals surface area contributed by atoms with Crippen LogP contribution in [0.15, 0.2) is 39.0 Å². The first-order valence-electron chi connectivity index (χ1n) is 9.35. The van der Waals surface area contributed by atoms with Crippen LogP contribution in [0.3, 0.4) is 0 Å². The fourth-order valence-electron chi connectivity index (χ4n) is 3.27. The second-order valence-electron chi connectivity index (χ2n) is 6.84. The molecule has 0 radical (unpaired) electrons. The quantitative estimate of drug-likeness (QED) is 0.456. The highest BCUT2D eigenvalue weighted by Crippen LogP contribution is 2.35. The molecule has 4 rings (SSSR count). The van der Waals surface area contributed by atoms with Gasteiger partial charge in [-0.2, -0.15) is 0 Å². The smallest absolute Gasteiger partial charge is 0.309 e. The lowest BCUT2D eigenvalue weighted by molar-refractivity contribution is 0.603. The Labute approximate surface area is 175 Å². The Morgan fingerprint density at radius 1 is 1.17 bits per heavy atom. The van der Waals surface area contributed by atoms with Crippen LogP contribution in [0, 0.1) is 13.8 Å². The van der Waals surface area contributed by atoms with Gasteiger partial charge in [-0.1, -0.05) is 48.5 Å². The number of thiophene rings is 1. The molecule has 29 heavy (non-hydrogen) atoms. The van der Waals surface area contributed by atoms with Gasteiger partial charge in [0.15, 0.2) is 5.16 Å². The Morgan fingerprint density at radius 2 is 1.93 bits per heavy atom. The van der Waals surface area contributed by atoms with Crippen molar-refractivity contribution in [3.63, 3.8) is 0 Å². The highest BCUT2D eigenvalue weighted by molar-refractivity contribution is 7.98. The van der Waals surface area contributed by atoms with E-state index >= 15 is 0 Å². The zero-order chi connectivity index (χ0) is 20.5. The summed E-state index contributed by atoms with van der Waals surface area (Å²) in [4.78, 5) is 34.1. The van der Waals surface area contributed by atoms with Crippen LogP contribution in [-0.2, 0) is 12.3 Å². The van der Waals surface area contributed by atoms with Gasteiger partial charge in [0, 0.05) is 17.0 Å². The van der Waals surface area contributed by atoms with Crippen molar-refractivity contribution in [2.75, 3.05) is 0 Å². The zero-order valence-electron chi connectivity index (χ0n) is 16.4. The summed E-state index contributed by atoms with van der Waals surface area (Å²) in [6.45, 7) is 6.67. The standard InChI is InChI=1S/C20H21N5O2S2/c1-4-9-25-19(27)23-24-20(25)28-10-14-21-17(26)16-15(12(3)29-18(16)22-14)13-7-5-11(2)6-8-13/h5-8H,4,9-10H2,1-3H3,(H,23,27)(H,21,22,26). The molecule has 1 aromatic carbocycles. The average molecular weight is 428 g/mol. The molecule has 2 N–H and O–H groups in total. The molecule has 0 aliphatic heterocycles. The van der Waals surface area contributed by atoms with Gasteiger partial charge in [0.25, 0.3) is 5.56 Å². The lowest BCUT2D eigenvalue weighted by Crippen LogP contribution is -2.17. The second kappa shape index (κ2) is 8.00. The number of fused-ring (bicyclic) bond motifs is 1. The van der Waals surface area contributed by atoms with Crippen molar-refractivity contribution in [2.24, 2.45) is 0 Å². The van der Waals surface area contributed by atoms with E-state index in [2.05, 4.69) is 20.2 Å². The lowest BCUT2D eigenvalue weighted by Gasteiger charge is -2.05. The number of nitrogens with one attached hydrogen (secondary N) is 2. The highest BCUT2D eigenvalue weighted by Gasteiger charge is 2.17. The minimum absolute atomic E-state index is 0.140. The first kappa shape index (κ1) is 19.7. The number of H-pyrrole nitrogens is 2. The molecule has 3 heterocycles. The van der Waals surface area contributed by atoms with Gasteiger partial charge in [0.1, 0.15) is 10.7 Å². The number of thioether (sulfide) groups is 1. The molecule has 0 aliphatic carbocycles. The Bertz CT molecular complexity index is 1280. The van der Waals surface area contributed by atoms with Gasteiger partial charge in [-0.25, -0.2) is 14.9 Å². The molecule has 0 unspecified atom stereocenters. The number of aromatic amines is 2. The third-order valence-electron chi connectivity index (χ3n) is 4.64. The number of rotatable bonds is 6. The summed E-state index contributed by atoms with van der Waals surface area (Å²) in [6.07, 6.45) is 0.838. The number of hydrogen-bond donors (Lipinski definition) is 2. The number of hydrogen-bond acceptors (Lipinski definition) is 6. The molecular formula is C20H21N5O2S2. The molecule has 0 aliphatic rings. The molecule has 0 amide bonds. The first-order valence-corrected chi connectivity index (χ1v) is 11.2. The summed E-state index contributed by atoms with van der Waals surface area (Å²) >= 11 is 2.91. The predicted octanol–water partition coefficient (Wildman–Crippen LogP) is 3.86. The van der Waals surface area contributed by atoms with Gasteiger partial charge in [-0.05, 0) is 25.8 Å². The maximum absolute atomic E-state index is 12.9. The third kappa shape index (κ3) is 3.79. The SMILES string of the molecule is CCCn1c(SCc2nc3sc(C)c(-c4ccc(C)cc4)c3c(=O)[nH]2)n[nH]c1=O. The van der Waals surface area contributed by atoms with Crippen molar-refractivity contribution in [1.82, 2.24) is 24.7 Å². The molecule has 150 valence electrons. The first-order chi connectivity index (χ1) is 14.0. The van der Waals surface area contributed by atoms with Crippen LogP contribution in [-0.4, -0.2) is 24.7 Å². The van der Waals surface area contributed by atoms with E-state index in [0.29, 0.717) is 28.7 Å². The van der Waals surface area contributed by atoms with Crippen LogP contribution in [0.1, 0.15) is 29.6 Å². The predicted molar refractivity (Wildman–Crippen MR) is 118 cm³/mol. The summed E-state index contributed by atoms with van der Waals surface area (Å²) in [5.74, 6) is 0.999. The monoisotopic (exact) mass is 427 g/mol. The molecule has 3 aromatic heterocycles. The lowest BCUT2D eigenvalue weighted by atomic mass is 10.0. The second-order valence-corrected chi connectivity index (χ2v) is 8.99.